The zero-order valence-electron chi connectivity index (χ0n) is 27.3. The molecule has 3 amide bonds. The van der Waals surface area contributed by atoms with Crippen LogP contribution in [0.5, 0.6) is 0 Å². The highest BCUT2D eigenvalue weighted by molar-refractivity contribution is 8.00. The second-order valence-corrected chi connectivity index (χ2v) is 12.8. The van der Waals surface area contributed by atoms with E-state index in [1.165, 1.54) is 36.0 Å². The van der Waals surface area contributed by atoms with Crippen molar-refractivity contribution in [2.45, 2.75) is 30.5 Å². The molecule has 1 atom stereocenters. The van der Waals surface area contributed by atoms with Gasteiger partial charge in [-0.15, -0.1) is 11.8 Å². The summed E-state index contributed by atoms with van der Waals surface area (Å²) in [6.45, 7) is 4.78. The second-order valence-electron chi connectivity index (χ2n) is 11.4. The van der Waals surface area contributed by atoms with Crippen molar-refractivity contribution >= 4 is 74.4 Å². The third-order valence-corrected chi connectivity index (χ3v) is 9.22. The van der Waals surface area contributed by atoms with E-state index in [0.29, 0.717) is 11.3 Å². The van der Waals surface area contributed by atoms with Gasteiger partial charge in [-0.05, 0) is 86.7 Å². The van der Waals surface area contributed by atoms with Gasteiger partial charge in [0.2, 0.25) is 5.91 Å². The Morgan fingerprint density at radius 3 is 2.20 bits per heavy atom. The van der Waals surface area contributed by atoms with Crippen molar-refractivity contribution < 1.29 is 19.3 Å². The van der Waals surface area contributed by atoms with Gasteiger partial charge in [-0.1, -0.05) is 48.5 Å². The molecule has 0 radical (unpaired) electrons. The number of nitrogens with zero attached hydrogens (tertiary/aromatic N) is 2. The van der Waals surface area contributed by atoms with Crippen molar-refractivity contribution in [3.63, 3.8) is 0 Å². The molecule has 0 aliphatic rings. The van der Waals surface area contributed by atoms with E-state index in [4.69, 9.17) is 0 Å². The zero-order valence-corrected chi connectivity index (χ0v) is 28.1. The van der Waals surface area contributed by atoms with E-state index >= 15 is 0 Å². The SMILES string of the molecule is CCn1c2ccccc2c2cc(NC(=O)C(C)Sc3ccc(NC(=O)/C(=C/c4ccccc4[N+](=O)[O-])NC(=O)c4ccccc4)cc3)ccc21. The summed E-state index contributed by atoms with van der Waals surface area (Å²) < 4.78 is 2.26. The third-order valence-electron chi connectivity index (χ3n) is 8.11. The van der Waals surface area contributed by atoms with Crippen molar-refractivity contribution in [3.8, 4) is 0 Å². The van der Waals surface area contributed by atoms with Gasteiger partial charge in [0.25, 0.3) is 17.5 Å². The van der Waals surface area contributed by atoms with Crippen molar-refractivity contribution in [2.24, 2.45) is 0 Å². The van der Waals surface area contributed by atoms with E-state index in [1.807, 2.05) is 37.3 Å². The fourth-order valence-corrected chi connectivity index (χ4v) is 6.53. The molecule has 6 aromatic rings. The Labute approximate surface area is 292 Å². The number of carbonyl (C=O) groups excluding carboxylic acids is 3. The molecule has 1 heterocycles. The molecule has 0 saturated carbocycles. The maximum Gasteiger partial charge on any atom is 0.276 e. The van der Waals surface area contributed by atoms with Crippen molar-refractivity contribution in [2.75, 3.05) is 10.6 Å². The number of nitro groups is 1. The van der Waals surface area contributed by atoms with Crippen LogP contribution in [0.25, 0.3) is 27.9 Å². The van der Waals surface area contributed by atoms with Gasteiger partial charge >= 0.3 is 0 Å². The summed E-state index contributed by atoms with van der Waals surface area (Å²) in [5, 5.41) is 21.8. The molecule has 0 fully saturated rings. The lowest BCUT2D eigenvalue weighted by Gasteiger charge is -2.14. The number of para-hydroxylation sites is 2. The zero-order chi connectivity index (χ0) is 35.2. The highest BCUT2D eigenvalue weighted by Crippen LogP contribution is 2.32. The molecule has 1 unspecified atom stereocenters. The Balaban J connectivity index is 1.14. The van der Waals surface area contributed by atoms with Crippen LogP contribution in [0.15, 0.2) is 132 Å². The van der Waals surface area contributed by atoms with Crippen LogP contribution < -0.4 is 16.0 Å². The number of aromatic nitrogens is 1. The predicted molar refractivity (Wildman–Crippen MR) is 199 cm³/mol. The summed E-state index contributed by atoms with van der Waals surface area (Å²) in [6, 6.07) is 35.4. The largest absolute Gasteiger partial charge is 0.341 e. The molecule has 5 aromatic carbocycles. The lowest BCUT2D eigenvalue weighted by Crippen LogP contribution is -2.30. The van der Waals surface area contributed by atoms with Gasteiger partial charge in [0.1, 0.15) is 5.70 Å². The van der Waals surface area contributed by atoms with Crippen LogP contribution in [0.2, 0.25) is 0 Å². The summed E-state index contributed by atoms with van der Waals surface area (Å²) in [4.78, 5) is 51.5. The number of hydrogen-bond acceptors (Lipinski definition) is 6. The summed E-state index contributed by atoms with van der Waals surface area (Å²) in [5.41, 5.74) is 3.51. The number of hydrogen-bond donors (Lipinski definition) is 3. The first-order valence-electron chi connectivity index (χ1n) is 15.9. The molecular formula is C39H33N5O5S. The van der Waals surface area contributed by atoms with Crippen LogP contribution in [-0.2, 0) is 16.1 Å². The van der Waals surface area contributed by atoms with E-state index in [9.17, 15) is 24.5 Å². The summed E-state index contributed by atoms with van der Waals surface area (Å²) in [7, 11) is 0. The van der Waals surface area contributed by atoms with Crippen LogP contribution >= 0.6 is 11.8 Å². The van der Waals surface area contributed by atoms with Gasteiger partial charge in [-0.3, -0.25) is 24.5 Å². The maximum absolute atomic E-state index is 13.4. The van der Waals surface area contributed by atoms with Gasteiger partial charge in [0.15, 0.2) is 0 Å². The molecule has 0 bridgehead atoms. The number of nitrogens with one attached hydrogen (secondary N) is 3. The number of benzene rings is 5. The first-order chi connectivity index (χ1) is 24.2. The molecular weight excluding hydrogens is 651 g/mol. The van der Waals surface area contributed by atoms with Gasteiger partial charge in [0, 0.05) is 56.3 Å². The highest BCUT2D eigenvalue weighted by Gasteiger charge is 2.20. The van der Waals surface area contributed by atoms with Crippen LogP contribution in [0.3, 0.4) is 0 Å². The number of thioether (sulfide) groups is 1. The molecule has 0 aliphatic heterocycles. The lowest BCUT2D eigenvalue weighted by molar-refractivity contribution is -0.385. The summed E-state index contributed by atoms with van der Waals surface area (Å²) in [5.74, 6) is -1.36. The van der Waals surface area contributed by atoms with E-state index in [2.05, 4.69) is 39.6 Å². The summed E-state index contributed by atoms with van der Waals surface area (Å²) in [6.07, 6.45) is 1.28. The predicted octanol–water partition coefficient (Wildman–Crippen LogP) is 8.25. The molecule has 11 heteroatoms. The standard InChI is InChI=1S/C39H33N5O5S/c1-3-43-35-16-10-8-14-31(35)32-24-29(19-22-36(32)43)41-37(45)25(2)50-30-20-17-28(18-21-30)40-39(47)33(42-38(46)26-11-5-4-6-12-26)23-27-13-7-9-15-34(27)44(48)49/h4-25H,3H2,1-2H3,(H,40,47)(H,41,45)(H,42,46)/b33-23-. The number of aryl methyl sites for hydroxylation is 1. The highest BCUT2D eigenvalue weighted by atomic mass is 32.2. The molecule has 0 aliphatic carbocycles. The van der Waals surface area contributed by atoms with E-state index in [-0.39, 0.29) is 22.9 Å². The van der Waals surface area contributed by atoms with Gasteiger partial charge in [-0.2, -0.15) is 0 Å². The van der Waals surface area contributed by atoms with Gasteiger partial charge in [-0.25, -0.2) is 0 Å². The van der Waals surface area contributed by atoms with Crippen LogP contribution in [0, 0.1) is 10.1 Å². The van der Waals surface area contributed by atoms with Crippen molar-refractivity contribution in [1.29, 1.82) is 0 Å². The number of rotatable bonds is 11. The number of fused-ring (bicyclic) bond motifs is 3. The van der Waals surface area contributed by atoms with E-state index in [1.54, 1.807) is 60.7 Å². The first-order valence-corrected chi connectivity index (χ1v) is 16.8. The third kappa shape index (κ3) is 7.43. The molecule has 250 valence electrons. The smallest absolute Gasteiger partial charge is 0.276 e. The number of carbonyl (C=O) groups is 3. The van der Waals surface area contributed by atoms with Crippen molar-refractivity contribution in [1.82, 2.24) is 9.88 Å². The Kier molecular flexibility index (Phi) is 10.1. The molecule has 6 rings (SSSR count). The molecule has 0 saturated heterocycles. The van der Waals surface area contributed by atoms with Gasteiger partial charge < -0.3 is 20.5 Å². The van der Waals surface area contributed by atoms with E-state index < -0.39 is 22.0 Å². The minimum Gasteiger partial charge on any atom is -0.341 e. The molecule has 3 N–H and O–H groups in total. The minimum atomic E-state index is -0.667. The quantitative estimate of drug-likeness (QED) is 0.0545. The number of anilines is 2. The molecule has 50 heavy (non-hydrogen) atoms. The molecule has 10 nitrogen and oxygen atoms in total. The molecule has 0 spiro atoms. The Morgan fingerprint density at radius 1 is 0.800 bits per heavy atom. The average Bonchev–Trinajstić information content (AvgIpc) is 3.45. The van der Waals surface area contributed by atoms with Crippen LogP contribution in [0.1, 0.15) is 29.8 Å². The fourth-order valence-electron chi connectivity index (χ4n) is 5.66. The first kappa shape index (κ1) is 33.7. The maximum atomic E-state index is 13.4. The van der Waals surface area contributed by atoms with Gasteiger partial charge in [0.05, 0.1) is 15.7 Å². The van der Waals surface area contributed by atoms with E-state index in [0.717, 1.165) is 38.9 Å². The monoisotopic (exact) mass is 683 g/mol. The number of nitro benzene ring substituents is 1. The average molecular weight is 684 g/mol. The Hall–Kier alpha value is -6.20. The topological polar surface area (TPSA) is 135 Å². The second kappa shape index (κ2) is 14.9. The van der Waals surface area contributed by atoms with Crippen LogP contribution in [-0.4, -0.2) is 32.5 Å². The minimum absolute atomic E-state index is 0.148. The molecule has 1 aromatic heterocycles. The normalized spacial score (nSPS) is 12.0. The summed E-state index contributed by atoms with van der Waals surface area (Å²) >= 11 is 1.37. The number of amides is 3. The Bertz CT molecular complexity index is 2260. The Morgan fingerprint density at radius 2 is 1.46 bits per heavy atom. The lowest BCUT2D eigenvalue weighted by atomic mass is 10.1. The van der Waals surface area contributed by atoms with Crippen molar-refractivity contribution in [3.05, 3.63) is 148 Å². The van der Waals surface area contributed by atoms with Crippen LogP contribution in [0.4, 0.5) is 17.1 Å². The fraction of sp³-hybridized carbons (Fsp3) is 0.103.